The van der Waals surface area contributed by atoms with Gasteiger partial charge in [0.05, 0.1) is 0 Å². The first-order valence-corrected chi connectivity index (χ1v) is 5.45. The molecule has 1 rings (SSSR count). The van der Waals surface area contributed by atoms with E-state index in [-0.39, 0.29) is 6.41 Å². The zero-order valence-electron chi connectivity index (χ0n) is 8.96. The quantitative estimate of drug-likeness (QED) is 0.660. The molecule has 1 aliphatic rings. The van der Waals surface area contributed by atoms with E-state index >= 15 is 0 Å². The van der Waals surface area contributed by atoms with Crippen molar-refractivity contribution in [3.05, 3.63) is 0 Å². The van der Waals surface area contributed by atoms with Crippen molar-refractivity contribution in [3.63, 3.8) is 0 Å². The number of carbonyl (C=O) groups is 1. The van der Waals surface area contributed by atoms with Crippen molar-refractivity contribution in [2.24, 2.45) is 17.6 Å². The Morgan fingerprint density at radius 1 is 1.15 bits per heavy atom. The molecule has 2 atom stereocenters. The monoisotopic (exact) mass is 185 g/mol. The van der Waals surface area contributed by atoms with Crippen LogP contribution in [-0.2, 0) is 4.79 Å². The van der Waals surface area contributed by atoms with Crippen LogP contribution in [0.15, 0.2) is 0 Å². The number of hydrogen-bond donors (Lipinski definition) is 1. The Morgan fingerprint density at radius 3 is 1.69 bits per heavy atom. The van der Waals surface area contributed by atoms with Gasteiger partial charge in [-0.1, -0.05) is 52.4 Å². The summed E-state index contributed by atoms with van der Waals surface area (Å²) in [5.74, 6) is 2.14. The van der Waals surface area contributed by atoms with Crippen LogP contribution in [0.4, 0.5) is 0 Å². The average Bonchev–Trinajstić information content (AvgIpc) is 2.19. The molecule has 1 fully saturated rings. The molecule has 0 heterocycles. The van der Waals surface area contributed by atoms with Crippen LogP contribution in [0.3, 0.4) is 0 Å². The molecule has 1 amide bonds. The lowest BCUT2D eigenvalue weighted by atomic mass is 9.77. The molecule has 13 heavy (non-hydrogen) atoms. The first-order valence-electron chi connectivity index (χ1n) is 5.45. The van der Waals surface area contributed by atoms with E-state index in [0.29, 0.717) is 0 Å². The molecule has 2 nitrogen and oxygen atoms in total. The summed E-state index contributed by atoms with van der Waals surface area (Å²) < 4.78 is 0. The molecule has 0 spiro atoms. The van der Waals surface area contributed by atoms with Gasteiger partial charge in [0.25, 0.3) is 0 Å². The van der Waals surface area contributed by atoms with E-state index in [9.17, 15) is 0 Å². The van der Waals surface area contributed by atoms with Crippen LogP contribution in [0.25, 0.3) is 0 Å². The predicted octanol–water partition coefficient (Wildman–Crippen LogP) is 2.71. The standard InChI is InChI=1S/C10H20.CH3NO/c1-3-9-7-5-6-8-10(9)4-2;2-1-3/h9-10H,3-8H2,1-2H3;1H,(H2,2,3)/t9-,10+;. The second-order valence-electron chi connectivity index (χ2n) is 3.76. The highest BCUT2D eigenvalue weighted by atomic mass is 16.1. The van der Waals surface area contributed by atoms with E-state index in [1.165, 1.54) is 38.5 Å². The number of carbonyl (C=O) groups excluding carboxylic acids is 1. The van der Waals surface area contributed by atoms with Gasteiger partial charge >= 0.3 is 0 Å². The van der Waals surface area contributed by atoms with Crippen molar-refractivity contribution in [2.75, 3.05) is 0 Å². The Balaban J connectivity index is 0.000000424. The zero-order valence-corrected chi connectivity index (χ0v) is 8.96. The Kier molecular flexibility index (Phi) is 7.76. The third-order valence-electron chi connectivity index (χ3n) is 3.12. The van der Waals surface area contributed by atoms with Crippen LogP contribution in [0.5, 0.6) is 0 Å². The van der Waals surface area contributed by atoms with Gasteiger partial charge in [0.2, 0.25) is 6.41 Å². The van der Waals surface area contributed by atoms with Gasteiger partial charge < -0.3 is 5.73 Å². The van der Waals surface area contributed by atoms with Crippen LogP contribution >= 0.6 is 0 Å². The Labute approximate surface area is 81.9 Å². The first-order chi connectivity index (χ1) is 6.29. The SMILES string of the molecule is CC[C@@H]1CCCC[C@@H]1CC.NC=O. The van der Waals surface area contributed by atoms with Crippen LogP contribution in [0.1, 0.15) is 52.4 Å². The fourth-order valence-electron chi connectivity index (χ4n) is 2.36. The average molecular weight is 185 g/mol. The van der Waals surface area contributed by atoms with Gasteiger partial charge in [0, 0.05) is 0 Å². The van der Waals surface area contributed by atoms with E-state index in [1.54, 1.807) is 0 Å². The minimum Gasteiger partial charge on any atom is -0.372 e. The number of primary amides is 1. The summed E-state index contributed by atoms with van der Waals surface area (Å²) in [6.45, 7) is 4.69. The lowest BCUT2D eigenvalue weighted by molar-refractivity contribution is -0.106. The van der Waals surface area contributed by atoms with Gasteiger partial charge in [-0.25, -0.2) is 0 Å². The van der Waals surface area contributed by atoms with Crippen molar-refractivity contribution in [1.82, 2.24) is 0 Å². The van der Waals surface area contributed by atoms with Crippen LogP contribution in [-0.4, -0.2) is 6.41 Å². The van der Waals surface area contributed by atoms with E-state index in [4.69, 9.17) is 4.79 Å². The van der Waals surface area contributed by atoms with E-state index < -0.39 is 0 Å². The predicted molar refractivity (Wildman–Crippen MR) is 56.3 cm³/mol. The van der Waals surface area contributed by atoms with Gasteiger partial charge in [0.1, 0.15) is 0 Å². The molecule has 0 bridgehead atoms. The number of hydrogen-bond acceptors (Lipinski definition) is 1. The summed E-state index contributed by atoms with van der Waals surface area (Å²) in [5, 5.41) is 0. The molecule has 0 radical (unpaired) electrons. The largest absolute Gasteiger partial charge is 0.372 e. The Hall–Kier alpha value is -0.530. The maximum Gasteiger partial charge on any atom is 0.204 e. The summed E-state index contributed by atoms with van der Waals surface area (Å²) in [6, 6.07) is 0. The molecule has 2 N–H and O–H groups in total. The number of nitrogens with two attached hydrogens (primary N) is 1. The second-order valence-corrected chi connectivity index (χ2v) is 3.76. The lowest BCUT2D eigenvalue weighted by Gasteiger charge is -2.29. The molecular formula is C11H23NO. The molecular weight excluding hydrogens is 162 g/mol. The molecule has 1 aliphatic carbocycles. The molecule has 0 saturated heterocycles. The van der Waals surface area contributed by atoms with Gasteiger partial charge in [-0.3, -0.25) is 4.79 Å². The molecule has 2 heteroatoms. The smallest absolute Gasteiger partial charge is 0.204 e. The van der Waals surface area contributed by atoms with Crippen LogP contribution in [0.2, 0.25) is 0 Å². The maximum absolute atomic E-state index is 8.58. The molecule has 0 aliphatic heterocycles. The van der Waals surface area contributed by atoms with Crippen molar-refractivity contribution in [2.45, 2.75) is 52.4 Å². The van der Waals surface area contributed by atoms with Gasteiger partial charge in [-0.05, 0) is 11.8 Å². The van der Waals surface area contributed by atoms with E-state index in [2.05, 4.69) is 19.6 Å². The van der Waals surface area contributed by atoms with Gasteiger partial charge in [-0.15, -0.1) is 0 Å². The van der Waals surface area contributed by atoms with Crippen LogP contribution < -0.4 is 5.73 Å². The maximum atomic E-state index is 8.58. The normalized spacial score (nSPS) is 27.2. The minimum absolute atomic E-state index is 0.250. The highest BCUT2D eigenvalue weighted by Gasteiger charge is 2.21. The fraction of sp³-hybridized carbons (Fsp3) is 0.909. The molecule has 78 valence electrons. The fourth-order valence-corrected chi connectivity index (χ4v) is 2.36. The van der Waals surface area contributed by atoms with Crippen molar-refractivity contribution in [3.8, 4) is 0 Å². The van der Waals surface area contributed by atoms with Crippen molar-refractivity contribution < 1.29 is 4.79 Å². The van der Waals surface area contributed by atoms with E-state index in [0.717, 1.165) is 11.8 Å². The lowest BCUT2D eigenvalue weighted by Crippen LogP contribution is -2.17. The Morgan fingerprint density at radius 2 is 1.46 bits per heavy atom. The van der Waals surface area contributed by atoms with E-state index in [1.807, 2.05) is 0 Å². The topological polar surface area (TPSA) is 43.1 Å². The minimum atomic E-state index is 0.250. The highest BCUT2D eigenvalue weighted by molar-refractivity contribution is 5.42. The third-order valence-corrected chi connectivity index (χ3v) is 3.12. The molecule has 0 aromatic heterocycles. The first kappa shape index (κ1) is 12.5. The Bertz CT molecular complexity index is 113. The zero-order chi connectivity index (χ0) is 10.1. The van der Waals surface area contributed by atoms with Crippen molar-refractivity contribution in [1.29, 1.82) is 0 Å². The summed E-state index contributed by atoms with van der Waals surface area (Å²) >= 11 is 0. The number of amides is 1. The number of rotatable bonds is 2. The summed E-state index contributed by atoms with van der Waals surface area (Å²) in [5.41, 5.74) is 4.17. The molecule has 0 aromatic rings. The van der Waals surface area contributed by atoms with Gasteiger partial charge in [0.15, 0.2) is 0 Å². The summed E-state index contributed by atoms with van der Waals surface area (Å²) in [4.78, 5) is 8.58. The molecule has 1 saturated carbocycles. The summed E-state index contributed by atoms with van der Waals surface area (Å²) in [6.07, 6.45) is 9.09. The van der Waals surface area contributed by atoms with Gasteiger partial charge in [-0.2, -0.15) is 0 Å². The third kappa shape index (κ3) is 4.91. The second kappa shape index (κ2) is 8.09. The molecule has 0 aromatic carbocycles. The molecule has 0 unspecified atom stereocenters. The highest BCUT2D eigenvalue weighted by Crippen LogP contribution is 2.33. The summed E-state index contributed by atoms with van der Waals surface area (Å²) in [7, 11) is 0. The van der Waals surface area contributed by atoms with Crippen LogP contribution in [0, 0.1) is 11.8 Å². The van der Waals surface area contributed by atoms with Crippen molar-refractivity contribution >= 4 is 6.41 Å².